The Morgan fingerprint density at radius 3 is 2.41 bits per heavy atom. The van der Waals surface area contributed by atoms with Gasteiger partial charge >= 0.3 is 6.18 Å². The number of rotatable bonds is 1. The Hall–Kier alpha value is -2.02. The van der Waals surface area contributed by atoms with E-state index < -0.39 is 23.8 Å². The van der Waals surface area contributed by atoms with Gasteiger partial charge in [-0.1, -0.05) is 28.1 Å². The van der Waals surface area contributed by atoms with Crippen LogP contribution >= 0.6 is 15.9 Å². The van der Waals surface area contributed by atoms with Crippen LogP contribution in [0.5, 0.6) is 5.75 Å². The van der Waals surface area contributed by atoms with Gasteiger partial charge in [-0.2, -0.15) is 13.2 Å². The van der Waals surface area contributed by atoms with Gasteiger partial charge in [0.2, 0.25) is 6.10 Å². The van der Waals surface area contributed by atoms with E-state index >= 15 is 0 Å². The van der Waals surface area contributed by atoms with Gasteiger partial charge in [0.25, 0.3) is 5.91 Å². The van der Waals surface area contributed by atoms with Crippen molar-refractivity contribution in [3.63, 3.8) is 0 Å². The number of anilines is 1. The van der Waals surface area contributed by atoms with Crippen LogP contribution in [0.3, 0.4) is 0 Å². The maximum absolute atomic E-state index is 12.6. The van der Waals surface area contributed by atoms with Gasteiger partial charge in [-0.15, -0.1) is 0 Å². The zero-order valence-corrected chi connectivity index (χ0v) is 12.5. The highest BCUT2D eigenvalue weighted by Gasteiger charge is 2.32. The Morgan fingerprint density at radius 1 is 1.09 bits per heavy atom. The lowest BCUT2D eigenvalue weighted by Crippen LogP contribution is -2.30. The van der Waals surface area contributed by atoms with Gasteiger partial charge in [-0.3, -0.25) is 4.79 Å². The predicted molar refractivity (Wildman–Crippen MR) is 77.6 cm³/mol. The van der Waals surface area contributed by atoms with Crippen molar-refractivity contribution in [3.8, 4) is 5.75 Å². The largest absolute Gasteiger partial charge is 0.474 e. The molecular weight excluding hydrogens is 363 g/mol. The van der Waals surface area contributed by atoms with Gasteiger partial charge in [0.1, 0.15) is 5.75 Å². The van der Waals surface area contributed by atoms with Crippen molar-refractivity contribution < 1.29 is 22.7 Å². The van der Waals surface area contributed by atoms with Gasteiger partial charge in [0.05, 0.1) is 11.3 Å². The molecule has 1 heterocycles. The number of nitrogens with one attached hydrogen (secondary N) is 1. The van der Waals surface area contributed by atoms with Crippen molar-refractivity contribution in [1.29, 1.82) is 0 Å². The molecule has 0 fully saturated rings. The molecule has 3 rings (SSSR count). The summed E-state index contributed by atoms with van der Waals surface area (Å²) in [6.07, 6.45) is -5.39. The molecule has 114 valence electrons. The molecule has 22 heavy (non-hydrogen) atoms. The zero-order valence-electron chi connectivity index (χ0n) is 10.9. The Bertz CT molecular complexity index is 729. The van der Waals surface area contributed by atoms with Gasteiger partial charge in [-0.05, 0) is 30.3 Å². The van der Waals surface area contributed by atoms with E-state index in [9.17, 15) is 18.0 Å². The minimum Gasteiger partial charge on any atom is -0.474 e. The van der Waals surface area contributed by atoms with E-state index in [1.54, 1.807) is 18.2 Å². The number of benzene rings is 2. The third kappa shape index (κ3) is 2.81. The minimum atomic E-state index is -4.41. The molecule has 1 amide bonds. The molecule has 1 aliphatic heterocycles. The van der Waals surface area contributed by atoms with Crippen LogP contribution in [-0.4, -0.2) is 5.91 Å². The van der Waals surface area contributed by atoms with Crippen molar-refractivity contribution in [2.75, 3.05) is 5.32 Å². The fourth-order valence-corrected chi connectivity index (χ4v) is 2.48. The van der Waals surface area contributed by atoms with E-state index in [0.717, 1.165) is 16.6 Å². The molecular formula is C15H9BrF3NO2. The molecule has 0 saturated heterocycles. The fraction of sp³-hybridized carbons (Fsp3) is 0.133. The summed E-state index contributed by atoms with van der Waals surface area (Å²) in [6.45, 7) is 0. The van der Waals surface area contributed by atoms with Crippen LogP contribution < -0.4 is 10.1 Å². The summed E-state index contributed by atoms with van der Waals surface area (Å²) >= 11 is 3.30. The number of hydrogen-bond donors (Lipinski definition) is 1. The second-order valence-corrected chi connectivity index (χ2v) is 5.66. The average molecular weight is 372 g/mol. The first kappa shape index (κ1) is 14.9. The Morgan fingerprint density at radius 2 is 1.77 bits per heavy atom. The lowest BCUT2D eigenvalue weighted by atomic mass is 10.0. The molecule has 2 aromatic carbocycles. The molecule has 0 spiro atoms. The first-order chi connectivity index (χ1) is 10.3. The maximum atomic E-state index is 12.6. The van der Waals surface area contributed by atoms with Crippen LogP contribution in [-0.2, 0) is 11.0 Å². The van der Waals surface area contributed by atoms with E-state index in [1.807, 2.05) is 0 Å². The molecule has 0 aliphatic carbocycles. The normalized spacial score (nSPS) is 17.5. The van der Waals surface area contributed by atoms with Crippen LogP contribution in [0.25, 0.3) is 0 Å². The zero-order chi connectivity index (χ0) is 15.9. The molecule has 1 N–H and O–H groups in total. The Kier molecular flexibility index (Phi) is 3.60. The van der Waals surface area contributed by atoms with Gasteiger partial charge in [-0.25, -0.2) is 0 Å². The van der Waals surface area contributed by atoms with E-state index in [0.29, 0.717) is 17.0 Å². The first-order valence-corrected chi connectivity index (χ1v) is 7.08. The summed E-state index contributed by atoms with van der Waals surface area (Å²) < 4.78 is 44.1. The third-order valence-electron chi connectivity index (χ3n) is 3.23. The second-order valence-electron chi connectivity index (χ2n) is 4.75. The number of hydrogen-bond acceptors (Lipinski definition) is 2. The van der Waals surface area contributed by atoms with Crippen molar-refractivity contribution in [2.24, 2.45) is 0 Å². The number of amides is 1. The molecule has 2 aromatic rings. The lowest BCUT2D eigenvalue weighted by molar-refractivity contribution is -0.137. The Balaban J connectivity index is 1.91. The van der Waals surface area contributed by atoms with Gasteiger partial charge < -0.3 is 10.1 Å². The highest BCUT2D eigenvalue weighted by molar-refractivity contribution is 9.10. The minimum absolute atomic E-state index is 0.358. The summed E-state index contributed by atoms with van der Waals surface area (Å²) in [6, 6.07) is 9.48. The standard InChI is InChI=1S/C15H9BrF3NO2/c16-10-5-6-11-12(7-10)22-13(14(21)20-11)8-1-3-9(4-2-8)15(17,18)19/h1-7,13H,(H,20,21)/t13-/m1/s1. The van der Waals surface area contributed by atoms with Crippen molar-refractivity contribution in [3.05, 3.63) is 58.1 Å². The van der Waals surface area contributed by atoms with Crippen LogP contribution in [0.1, 0.15) is 17.2 Å². The maximum Gasteiger partial charge on any atom is 0.416 e. The summed E-state index contributed by atoms with van der Waals surface area (Å²) in [7, 11) is 0. The number of halogens is 4. The topological polar surface area (TPSA) is 38.3 Å². The van der Waals surface area contributed by atoms with E-state index in [4.69, 9.17) is 4.74 Å². The van der Waals surface area contributed by atoms with E-state index in [1.165, 1.54) is 12.1 Å². The molecule has 3 nitrogen and oxygen atoms in total. The summed E-state index contributed by atoms with van der Waals surface area (Å²) in [5.41, 5.74) is 0.114. The van der Waals surface area contributed by atoms with E-state index in [-0.39, 0.29) is 0 Å². The number of alkyl halides is 3. The number of ether oxygens (including phenoxy) is 1. The summed E-state index contributed by atoms with van der Waals surface area (Å²) in [5, 5.41) is 2.67. The summed E-state index contributed by atoms with van der Waals surface area (Å²) in [5.74, 6) is 0.0356. The highest BCUT2D eigenvalue weighted by atomic mass is 79.9. The molecule has 0 unspecified atom stereocenters. The van der Waals surface area contributed by atoms with E-state index in [2.05, 4.69) is 21.2 Å². The number of fused-ring (bicyclic) bond motifs is 1. The van der Waals surface area contributed by atoms with Gasteiger partial charge in [0.15, 0.2) is 0 Å². The molecule has 0 bridgehead atoms. The number of carbonyl (C=O) groups excluding carboxylic acids is 1. The third-order valence-corrected chi connectivity index (χ3v) is 3.72. The second kappa shape index (κ2) is 5.31. The van der Waals surface area contributed by atoms with Crippen LogP contribution in [0.4, 0.5) is 18.9 Å². The molecule has 0 aromatic heterocycles. The van der Waals surface area contributed by atoms with Crippen LogP contribution in [0.15, 0.2) is 46.9 Å². The molecule has 1 atom stereocenters. The molecule has 0 radical (unpaired) electrons. The highest BCUT2D eigenvalue weighted by Crippen LogP contribution is 2.37. The quantitative estimate of drug-likeness (QED) is 0.798. The SMILES string of the molecule is O=C1Nc2ccc(Br)cc2O[C@@H]1c1ccc(C(F)(F)F)cc1. The Labute approximate surface area is 132 Å². The number of carbonyl (C=O) groups is 1. The predicted octanol–water partition coefficient (Wildman–Crippen LogP) is 4.54. The van der Waals surface area contributed by atoms with Gasteiger partial charge in [0, 0.05) is 10.0 Å². The lowest BCUT2D eigenvalue weighted by Gasteiger charge is -2.26. The molecule has 0 saturated carbocycles. The van der Waals surface area contributed by atoms with Crippen molar-refractivity contribution in [2.45, 2.75) is 12.3 Å². The van der Waals surface area contributed by atoms with Crippen molar-refractivity contribution >= 4 is 27.5 Å². The fourth-order valence-electron chi connectivity index (χ4n) is 2.14. The van der Waals surface area contributed by atoms with Crippen LogP contribution in [0, 0.1) is 0 Å². The first-order valence-electron chi connectivity index (χ1n) is 6.29. The monoisotopic (exact) mass is 371 g/mol. The summed E-state index contributed by atoms with van der Waals surface area (Å²) in [4.78, 5) is 12.1. The average Bonchev–Trinajstić information content (AvgIpc) is 2.46. The van der Waals surface area contributed by atoms with Crippen molar-refractivity contribution in [1.82, 2.24) is 0 Å². The smallest absolute Gasteiger partial charge is 0.416 e. The molecule has 7 heteroatoms. The molecule has 1 aliphatic rings. The van der Waals surface area contributed by atoms with Crippen LogP contribution in [0.2, 0.25) is 0 Å².